The SMILES string of the molecule is CN1CC(C)(C)c2nc(OCc3cccc(F)c3)ccc2C1=O. The van der Waals surface area contributed by atoms with Crippen molar-refractivity contribution < 1.29 is 13.9 Å². The summed E-state index contributed by atoms with van der Waals surface area (Å²) in [5, 5.41) is 0. The summed E-state index contributed by atoms with van der Waals surface area (Å²) in [5.74, 6) is 0.126. The number of pyridine rings is 1. The molecule has 0 fully saturated rings. The first-order chi connectivity index (χ1) is 10.9. The summed E-state index contributed by atoms with van der Waals surface area (Å²) in [7, 11) is 1.79. The molecule has 23 heavy (non-hydrogen) atoms. The quantitative estimate of drug-likeness (QED) is 0.874. The number of aromatic nitrogens is 1. The predicted molar refractivity (Wildman–Crippen MR) is 85.0 cm³/mol. The van der Waals surface area contributed by atoms with Crippen molar-refractivity contribution in [2.24, 2.45) is 0 Å². The minimum Gasteiger partial charge on any atom is -0.473 e. The zero-order valence-electron chi connectivity index (χ0n) is 13.5. The van der Waals surface area contributed by atoms with Gasteiger partial charge in [0.2, 0.25) is 5.88 Å². The van der Waals surface area contributed by atoms with Crippen molar-refractivity contribution in [1.82, 2.24) is 9.88 Å². The highest BCUT2D eigenvalue weighted by atomic mass is 19.1. The van der Waals surface area contributed by atoms with E-state index in [0.717, 1.165) is 11.3 Å². The van der Waals surface area contributed by atoms with Crippen LogP contribution in [0.5, 0.6) is 5.88 Å². The Kier molecular flexibility index (Phi) is 3.80. The van der Waals surface area contributed by atoms with Gasteiger partial charge in [0, 0.05) is 25.1 Å². The van der Waals surface area contributed by atoms with Crippen molar-refractivity contribution in [3.05, 3.63) is 59.0 Å². The van der Waals surface area contributed by atoms with Crippen molar-refractivity contribution >= 4 is 5.91 Å². The number of likely N-dealkylation sites (N-methyl/N-ethyl adjacent to an activating group) is 1. The van der Waals surface area contributed by atoms with Crippen LogP contribution in [0.2, 0.25) is 0 Å². The van der Waals surface area contributed by atoms with Crippen molar-refractivity contribution in [2.75, 3.05) is 13.6 Å². The van der Waals surface area contributed by atoms with Gasteiger partial charge in [0.05, 0.1) is 11.3 Å². The minimum atomic E-state index is -0.292. The molecule has 1 aromatic heterocycles. The van der Waals surface area contributed by atoms with Gasteiger partial charge < -0.3 is 9.64 Å². The van der Waals surface area contributed by atoms with Crippen LogP contribution in [-0.2, 0) is 12.0 Å². The topological polar surface area (TPSA) is 42.4 Å². The van der Waals surface area contributed by atoms with Gasteiger partial charge in [-0.15, -0.1) is 0 Å². The molecule has 0 saturated carbocycles. The molecule has 2 heterocycles. The van der Waals surface area contributed by atoms with Gasteiger partial charge in [0.15, 0.2) is 0 Å². The summed E-state index contributed by atoms with van der Waals surface area (Å²) < 4.78 is 18.9. The fraction of sp³-hybridized carbons (Fsp3) is 0.333. The molecule has 0 atom stereocenters. The lowest BCUT2D eigenvalue weighted by molar-refractivity contribution is 0.0732. The lowest BCUT2D eigenvalue weighted by Crippen LogP contribution is -2.45. The van der Waals surface area contributed by atoms with Gasteiger partial charge in [-0.05, 0) is 23.8 Å². The fourth-order valence-electron chi connectivity index (χ4n) is 2.94. The number of rotatable bonds is 3. The normalized spacial score (nSPS) is 16.2. The summed E-state index contributed by atoms with van der Waals surface area (Å²) in [5.41, 5.74) is 1.86. The minimum absolute atomic E-state index is 0.0245. The number of hydrogen-bond acceptors (Lipinski definition) is 3. The van der Waals surface area contributed by atoms with E-state index in [2.05, 4.69) is 18.8 Å². The lowest BCUT2D eigenvalue weighted by Gasteiger charge is -2.36. The molecular weight excluding hydrogens is 295 g/mol. The van der Waals surface area contributed by atoms with Gasteiger partial charge in [-0.2, -0.15) is 0 Å². The van der Waals surface area contributed by atoms with Crippen LogP contribution in [-0.4, -0.2) is 29.4 Å². The van der Waals surface area contributed by atoms with Gasteiger partial charge in [-0.1, -0.05) is 26.0 Å². The second-order valence-electron chi connectivity index (χ2n) is 6.51. The number of fused-ring (bicyclic) bond motifs is 1. The zero-order valence-corrected chi connectivity index (χ0v) is 13.5. The van der Waals surface area contributed by atoms with Crippen LogP contribution in [0.15, 0.2) is 36.4 Å². The number of ether oxygens (including phenoxy) is 1. The molecule has 1 aromatic carbocycles. The van der Waals surface area contributed by atoms with E-state index >= 15 is 0 Å². The molecule has 2 aromatic rings. The second kappa shape index (κ2) is 5.65. The standard InChI is InChI=1S/C18H19FN2O2/c1-18(2)11-21(3)17(22)14-7-8-15(20-16(14)18)23-10-12-5-4-6-13(19)9-12/h4-9H,10-11H2,1-3H3. The van der Waals surface area contributed by atoms with Crippen molar-refractivity contribution in [2.45, 2.75) is 25.9 Å². The van der Waals surface area contributed by atoms with Crippen LogP contribution in [0, 0.1) is 5.82 Å². The van der Waals surface area contributed by atoms with E-state index in [9.17, 15) is 9.18 Å². The zero-order chi connectivity index (χ0) is 16.6. The summed E-state index contributed by atoms with van der Waals surface area (Å²) in [4.78, 5) is 18.5. The fourth-order valence-corrected chi connectivity index (χ4v) is 2.94. The molecule has 0 spiro atoms. The molecule has 120 valence electrons. The first kappa shape index (κ1) is 15.5. The Hall–Kier alpha value is -2.43. The Morgan fingerprint density at radius 3 is 2.83 bits per heavy atom. The van der Waals surface area contributed by atoms with Crippen molar-refractivity contribution in [1.29, 1.82) is 0 Å². The third kappa shape index (κ3) is 3.04. The highest BCUT2D eigenvalue weighted by Crippen LogP contribution is 2.32. The van der Waals surface area contributed by atoms with E-state index in [-0.39, 0.29) is 23.7 Å². The van der Waals surface area contributed by atoms with Crippen molar-refractivity contribution in [3.8, 4) is 5.88 Å². The molecule has 1 amide bonds. The maximum absolute atomic E-state index is 13.2. The molecule has 0 saturated heterocycles. The molecule has 4 nitrogen and oxygen atoms in total. The number of amides is 1. The highest BCUT2D eigenvalue weighted by molar-refractivity contribution is 5.96. The van der Waals surface area contributed by atoms with E-state index in [1.807, 2.05) is 0 Å². The average Bonchev–Trinajstić information content (AvgIpc) is 2.50. The number of hydrogen-bond donors (Lipinski definition) is 0. The Bertz CT molecular complexity index is 758. The first-order valence-corrected chi connectivity index (χ1v) is 7.51. The van der Waals surface area contributed by atoms with Crippen LogP contribution in [0.25, 0.3) is 0 Å². The molecule has 0 N–H and O–H groups in total. The summed E-state index contributed by atoms with van der Waals surface area (Å²) in [6.45, 7) is 4.95. The third-order valence-electron chi connectivity index (χ3n) is 4.00. The largest absolute Gasteiger partial charge is 0.473 e. The van der Waals surface area contributed by atoms with Gasteiger partial charge in [-0.25, -0.2) is 9.37 Å². The summed E-state index contributed by atoms with van der Waals surface area (Å²) in [6, 6.07) is 9.70. The Morgan fingerprint density at radius 2 is 2.09 bits per heavy atom. The van der Waals surface area contributed by atoms with Gasteiger partial charge in [0.1, 0.15) is 12.4 Å². The number of nitrogens with zero attached hydrogens (tertiary/aromatic N) is 2. The molecule has 0 bridgehead atoms. The number of halogens is 1. The smallest absolute Gasteiger partial charge is 0.255 e. The Balaban J connectivity index is 1.84. The van der Waals surface area contributed by atoms with E-state index in [1.54, 1.807) is 36.2 Å². The molecule has 0 radical (unpaired) electrons. The van der Waals surface area contributed by atoms with Crippen LogP contribution in [0.4, 0.5) is 4.39 Å². The van der Waals surface area contributed by atoms with Gasteiger partial charge in [-0.3, -0.25) is 4.79 Å². The van der Waals surface area contributed by atoms with Gasteiger partial charge >= 0.3 is 0 Å². The predicted octanol–water partition coefficient (Wildman–Crippen LogP) is 3.16. The van der Waals surface area contributed by atoms with E-state index in [1.165, 1.54) is 12.1 Å². The maximum Gasteiger partial charge on any atom is 0.255 e. The number of carbonyl (C=O) groups excluding carboxylic acids is 1. The molecule has 5 heteroatoms. The van der Waals surface area contributed by atoms with E-state index in [4.69, 9.17) is 4.74 Å². The van der Waals surface area contributed by atoms with E-state index in [0.29, 0.717) is 18.0 Å². The van der Waals surface area contributed by atoms with Crippen LogP contribution >= 0.6 is 0 Å². The third-order valence-corrected chi connectivity index (χ3v) is 4.00. The summed E-state index contributed by atoms with van der Waals surface area (Å²) in [6.07, 6.45) is 0. The number of benzene rings is 1. The molecule has 1 aliphatic heterocycles. The molecule has 0 unspecified atom stereocenters. The number of carbonyl (C=O) groups is 1. The molecule has 3 rings (SSSR count). The molecular formula is C18H19FN2O2. The average molecular weight is 314 g/mol. The van der Waals surface area contributed by atoms with Gasteiger partial charge in [0.25, 0.3) is 5.91 Å². The molecule has 1 aliphatic rings. The van der Waals surface area contributed by atoms with Crippen molar-refractivity contribution in [3.63, 3.8) is 0 Å². The maximum atomic E-state index is 13.2. The monoisotopic (exact) mass is 314 g/mol. The summed E-state index contributed by atoms with van der Waals surface area (Å²) >= 11 is 0. The lowest BCUT2D eigenvalue weighted by atomic mass is 9.82. The van der Waals surface area contributed by atoms with Crippen LogP contribution in [0.3, 0.4) is 0 Å². The van der Waals surface area contributed by atoms with E-state index < -0.39 is 0 Å². The van der Waals surface area contributed by atoms with Crippen LogP contribution < -0.4 is 4.74 Å². The second-order valence-corrected chi connectivity index (χ2v) is 6.51. The first-order valence-electron chi connectivity index (χ1n) is 7.51. The molecule has 0 aliphatic carbocycles. The van der Waals surface area contributed by atoms with Crippen LogP contribution in [0.1, 0.15) is 35.5 Å². The Morgan fingerprint density at radius 1 is 1.30 bits per heavy atom. The highest BCUT2D eigenvalue weighted by Gasteiger charge is 2.36. The Labute approximate surface area is 134 Å².